The van der Waals surface area contributed by atoms with Gasteiger partial charge in [-0.1, -0.05) is 30.3 Å². The summed E-state index contributed by atoms with van der Waals surface area (Å²) in [5, 5.41) is 3.45. The Kier molecular flexibility index (Phi) is 7.96. The Labute approximate surface area is 243 Å². The van der Waals surface area contributed by atoms with E-state index in [9.17, 15) is 9.59 Å². The predicted octanol–water partition coefficient (Wildman–Crippen LogP) is 6.07. The molecule has 1 atom stereocenters. The van der Waals surface area contributed by atoms with E-state index in [1.165, 1.54) is 6.20 Å². The molecule has 9 nitrogen and oxygen atoms in total. The Morgan fingerprint density at radius 3 is 2.40 bits per heavy atom. The second kappa shape index (κ2) is 11.7. The number of ether oxygens (including phenoxy) is 3. The van der Waals surface area contributed by atoms with Gasteiger partial charge in [0, 0.05) is 27.4 Å². The largest absolute Gasteiger partial charge is 0.493 e. The number of aromatic nitrogens is 3. The zero-order valence-electron chi connectivity index (χ0n) is 21.9. The van der Waals surface area contributed by atoms with Crippen molar-refractivity contribution in [3.05, 3.63) is 110 Å². The second-order valence-corrected chi connectivity index (χ2v) is 10.1. The maximum atomic E-state index is 13.3. The lowest BCUT2D eigenvalue weighted by molar-refractivity contribution is 0.102. The molecular formula is C30H25IN4O5. The van der Waals surface area contributed by atoms with Crippen LogP contribution >= 0.6 is 22.6 Å². The van der Waals surface area contributed by atoms with Gasteiger partial charge in [0.2, 0.25) is 0 Å². The first-order valence-corrected chi connectivity index (χ1v) is 13.4. The van der Waals surface area contributed by atoms with Crippen LogP contribution in [0.5, 0.6) is 23.0 Å². The number of pyridine rings is 3. The predicted molar refractivity (Wildman–Crippen MR) is 161 cm³/mol. The van der Waals surface area contributed by atoms with Gasteiger partial charge in [-0.2, -0.15) is 0 Å². The van der Waals surface area contributed by atoms with Crippen LogP contribution in [0, 0.1) is 3.57 Å². The van der Waals surface area contributed by atoms with Crippen molar-refractivity contribution in [1.82, 2.24) is 14.5 Å². The van der Waals surface area contributed by atoms with Gasteiger partial charge in [0.05, 0.1) is 32.0 Å². The lowest BCUT2D eigenvalue weighted by atomic mass is 10.1. The Morgan fingerprint density at radius 1 is 0.950 bits per heavy atom. The number of anilines is 1. The van der Waals surface area contributed by atoms with Crippen molar-refractivity contribution in [3.63, 3.8) is 0 Å². The molecule has 1 N–H and O–H groups in total. The van der Waals surface area contributed by atoms with Crippen molar-refractivity contribution >= 4 is 45.2 Å². The fourth-order valence-corrected chi connectivity index (χ4v) is 4.88. The van der Waals surface area contributed by atoms with Gasteiger partial charge in [-0.05, 0) is 65.4 Å². The van der Waals surface area contributed by atoms with Crippen LogP contribution in [0.1, 0.15) is 28.9 Å². The minimum Gasteiger partial charge on any atom is -0.493 e. The van der Waals surface area contributed by atoms with Crippen LogP contribution in [0.3, 0.4) is 0 Å². The van der Waals surface area contributed by atoms with E-state index in [-0.39, 0.29) is 23.0 Å². The monoisotopic (exact) mass is 648 g/mol. The SMILES string of the molecule is COc1cc2nccc(Oc3ccc(NC(=O)c4cc(I)cn([C@@H](C)c5ccccc5)c4=O)nc3)c2cc1OC. The smallest absolute Gasteiger partial charge is 0.264 e. The van der Waals surface area contributed by atoms with E-state index in [0.29, 0.717) is 28.5 Å². The molecule has 0 bridgehead atoms. The van der Waals surface area contributed by atoms with Crippen molar-refractivity contribution in [2.75, 3.05) is 19.5 Å². The Bertz CT molecular complexity index is 1740. The third-order valence-corrected chi connectivity index (χ3v) is 6.96. The lowest BCUT2D eigenvalue weighted by Crippen LogP contribution is -2.31. The molecule has 5 rings (SSSR count). The van der Waals surface area contributed by atoms with Gasteiger partial charge in [-0.3, -0.25) is 14.6 Å². The van der Waals surface area contributed by atoms with Crippen molar-refractivity contribution in [2.45, 2.75) is 13.0 Å². The topological polar surface area (TPSA) is 105 Å². The first-order chi connectivity index (χ1) is 19.4. The number of carbonyl (C=O) groups excluding carboxylic acids is 1. The minimum atomic E-state index is -0.542. The number of carbonyl (C=O) groups is 1. The van der Waals surface area contributed by atoms with E-state index in [4.69, 9.17) is 14.2 Å². The van der Waals surface area contributed by atoms with Gasteiger partial charge >= 0.3 is 0 Å². The molecule has 0 saturated heterocycles. The first kappa shape index (κ1) is 27.1. The van der Waals surface area contributed by atoms with Crippen LogP contribution in [0.25, 0.3) is 10.9 Å². The lowest BCUT2D eigenvalue weighted by Gasteiger charge is -2.17. The Balaban J connectivity index is 1.35. The highest BCUT2D eigenvalue weighted by Gasteiger charge is 2.18. The number of fused-ring (bicyclic) bond motifs is 1. The zero-order chi connectivity index (χ0) is 28.2. The molecule has 0 unspecified atom stereocenters. The highest BCUT2D eigenvalue weighted by Crippen LogP contribution is 2.36. The number of hydrogen-bond donors (Lipinski definition) is 1. The van der Waals surface area contributed by atoms with E-state index >= 15 is 0 Å². The average Bonchev–Trinajstić information content (AvgIpc) is 2.98. The van der Waals surface area contributed by atoms with Crippen LogP contribution in [0.2, 0.25) is 0 Å². The average molecular weight is 648 g/mol. The summed E-state index contributed by atoms with van der Waals surface area (Å²) in [6.45, 7) is 1.92. The van der Waals surface area contributed by atoms with Crippen molar-refractivity contribution in [3.8, 4) is 23.0 Å². The van der Waals surface area contributed by atoms with E-state index in [2.05, 4.69) is 37.9 Å². The van der Waals surface area contributed by atoms with Crippen LogP contribution in [-0.4, -0.2) is 34.7 Å². The van der Waals surface area contributed by atoms with E-state index < -0.39 is 5.91 Å². The van der Waals surface area contributed by atoms with Gasteiger partial charge in [0.25, 0.3) is 11.5 Å². The van der Waals surface area contributed by atoms with Gasteiger partial charge in [0.15, 0.2) is 11.5 Å². The fraction of sp³-hybridized carbons (Fsp3) is 0.133. The summed E-state index contributed by atoms with van der Waals surface area (Å²) in [7, 11) is 3.13. The summed E-state index contributed by atoms with van der Waals surface area (Å²) in [4.78, 5) is 35.1. The highest BCUT2D eigenvalue weighted by molar-refractivity contribution is 14.1. The third-order valence-electron chi connectivity index (χ3n) is 6.37. The molecule has 0 aliphatic heterocycles. The molecule has 2 aromatic carbocycles. The highest BCUT2D eigenvalue weighted by atomic mass is 127. The number of nitrogens with one attached hydrogen (secondary N) is 1. The van der Waals surface area contributed by atoms with Gasteiger partial charge in [-0.25, -0.2) is 4.98 Å². The number of nitrogens with zero attached hydrogens (tertiary/aromatic N) is 3. The van der Waals surface area contributed by atoms with Crippen LogP contribution in [0.15, 0.2) is 90.1 Å². The molecule has 0 radical (unpaired) electrons. The van der Waals surface area contributed by atoms with E-state index in [0.717, 1.165) is 14.5 Å². The Hall–Kier alpha value is -4.45. The zero-order valence-corrected chi connectivity index (χ0v) is 24.1. The number of halogens is 1. The minimum absolute atomic E-state index is 0.0319. The van der Waals surface area contributed by atoms with Gasteiger partial charge < -0.3 is 24.1 Å². The van der Waals surface area contributed by atoms with E-state index in [1.54, 1.807) is 67.6 Å². The molecule has 5 aromatic rings. The summed E-state index contributed by atoms with van der Waals surface area (Å²) in [5.74, 6) is 1.86. The summed E-state index contributed by atoms with van der Waals surface area (Å²) in [6, 6.07) is 19.6. The molecule has 40 heavy (non-hydrogen) atoms. The molecular weight excluding hydrogens is 623 g/mol. The van der Waals surface area contributed by atoms with Crippen molar-refractivity contribution in [2.24, 2.45) is 0 Å². The van der Waals surface area contributed by atoms with Crippen LogP contribution < -0.4 is 25.1 Å². The molecule has 3 aromatic heterocycles. The van der Waals surface area contributed by atoms with Crippen molar-refractivity contribution < 1.29 is 19.0 Å². The molecule has 0 fully saturated rings. The fourth-order valence-electron chi connectivity index (χ4n) is 4.27. The number of benzene rings is 2. The van der Waals surface area contributed by atoms with E-state index in [1.807, 2.05) is 37.3 Å². The maximum Gasteiger partial charge on any atom is 0.264 e. The summed E-state index contributed by atoms with van der Waals surface area (Å²) >= 11 is 2.10. The molecule has 0 aliphatic rings. The summed E-state index contributed by atoms with van der Waals surface area (Å²) in [6.07, 6.45) is 4.88. The van der Waals surface area contributed by atoms with Crippen molar-refractivity contribution in [1.29, 1.82) is 0 Å². The summed E-state index contributed by atoms with van der Waals surface area (Å²) in [5.41, 5.74) is 1.29. The number of hydrogen-bond acceptors (Lipinski definition) is 7. The van der Waals surface area contributed by atoms with Crippen LogP contribution in [0.4, 0.5) is 5.82 Å². The van der Waals surface area contributed by atoms with Gasteiger partial charge in [-0.15, -0.1) is 0 Å². The molecule has 202 valence electrons. The third kappa shape index (κ3) is 5.62. The summed E-state index contributed by atoms with van der Waals surface area (Å²) < 4.78 is 19.2. The second-order valence-electron chi connectivity index (χ2n) is 8.84. The molecule has 0 saturated carbocycles. The normalized spacial score (nSPS) is 11.6. The molecule has 1 amide bonds. The molecule has 3 heterocycles. The molecule has 0 spiro atoms. The van der Waals surface area contributed by atoms with Gasteiger partial charge in [0.1, 0.15) is 22.9 Å². The van der Waals surface area contributed by atoms with Crippen LogP contribution in [-0.2, 0) is 0 Å². The quantitative estimate of drug-likeness (QED) is 0.204. The molecule has 10 heteroatoms. The first-order valence-electron chi connectivity index (χ1n) is 12.3. The number of methoxy groups -OCH3 is 2. The maximum absolute atomic E-state index is 13.3. The number of amides is 1. The Morgan fingerprint density at radius 2 is 1.70 bits per heavy atom. The molecule has 0 aliphatic carbocycles. The standard InChI is InChI=1S/C30H25IN4O5/c1-18(19-7-5-4-6-8-19)35-17-20(31)13-23(30(35)37)29(36)34-28-10-9-21(16-33-28)40-25-11-12-32-24-15-27(39-3)26(38-2)14-22(24)25/h4-18H,1-3H3,(H,33,34,36)/t18-/m0/s1. The number of rotatable bonds is 8.